The number of benzene rings is 2. The summed E-state index contributed by atoms with van der Waals surface area (Å²) in [6.45, 7) is 0. The summed E-state index contributed by atoms with van der Waals surface area (Å²) in [6.07, 6.45) is 1.55. The lowest BCUT2D eigenvalue weighted by molar-refractivity contribution is 0.627. The lowest BCUT2D eigenvalue weighted by atomic mass is 10.3. The summed E-state index contributed by atoms with van der Waals surface area (Å²) in [7, 11) is -2.22. The van der Waals surface area contributed by atoms with Crippen LogP contribution >= 0.6 is 0 Å². The molecule has 0 amide bonds. The van der Waals surface area contributed by atoms with E-state index in [1.807, 2.05) is 54.6 Å². The molecule has 0 aliphatic carbocycles. The van der Waals surface area contributed by atoms with Gasteiger partial charge in [0.15, 0.2) is 4.99 Å². The van der Waals surface area contributed by atoms with Crippen LogP contribution in [0.15, 0.2) is 65.7 Å². The Balaban J connectivity index is 0.000000169. The van der Waals surface area contributed by atoms with Crippen molar-refractivity contribution in [3.05, 3.63) is 71.2 Å². The minimum Gasteiger partial charge on any atom is -0.232 e. The van der Waals surface area contributed by atoms with Gasteiger partial charge in [0, 0.05) is 5.22 Å². The van der Waals surface area contributed by atoms with Gasteiger partial charge in [0.05, 0.1) is 5.36 Å². The molecule has 4 heteroatoms. The maximum Gasteiger partial charge on any atom is 0.240 e. The van der Waals surface area contributed by atoms with Crippen molar-refractivity contribution in [3.8, 4) is 0 Å². The highest BCUT2D eigenvalue weighted by Gasteiger charge is 2.00. The standard InChI is InChI=1S/C8H5NO2S.C6H6/c10-12(11)8-5-6-3-1-2-4-7(6)9-8;1-2-4-6-5-3-1/h1-5H;1-6H. The van der Waals surface area contributed by atoms with E-state index < -0.39 is 10.3 Å². The van der Waals surface area contributed by atoms with Gasteiger partial charge < -0.3 is 0 Å². The van der Waals surface area contributed by atoms with Crippen LogP contribution in [0.2, 0.25) is 0 Å². The van der Waals surface area contributed by atoms with Crippen molar-refractivity contribution in [2.45, 2.75) is 0 Å². The number of fused-ring (bicyclic) bond motifs is 1. The lowest BCUT2D eigenvalue weighted by Gasteiger charge is -1.77. The van der Waals surface area contributed by atoms with E-state index in [1.54, 1.807) is 12.1 Å². The first-order valence-electron chi connectivity index (χ1n) is 5.39. The van der Waals surface area contributed by atoms with Gasteiger partial charge >= 0.3 is 0 Å². The molecule has 0 spiro atoms. The Morgan fingerprint density at radius 3 is 1.83 bits per heavy atom. The maximum absolute atomic E-state index is 10.5. The van der Waals surface area contributed by atoms with Crippen LogP contribution in [-0.2, 0) is 10.3 Å². The van der Waals surface area contributed by atoms with Crippen LogP contribution in [0.4, 0.5) is 0 Å². The van der Waals surface area contributed by atoms with Gasteiger partial charge in [-0.1, -0.05) is 54.6 Å². The van der Waals surface area contributed by atoms with Crippen LogP contribution in [0.1, 0.15) is 0 Å². The zero-order valence-corrected chi connectivity index (χ0v) is 10.3. The fourth-order valence-electron chi connectivity index (χ4n) is 1.47. The molecule has 3 nitrogen and oxygen atoms in total. The van der Waals surface area contributed by atoms with Crippen LogP contribution in [0, 0.1) is 0 Å². The summed E-state index contributed by atoms with van der Waals surface area (Å²) in [6, 6.07) is 19.3. The third-order valence-electron chi connectivity index (χ3n) is 2.28. The van der Waals surface area contributed by atoms with Crippen LogP contribution < -0.4 is 10.6 Å². The average molecular weight is 257 g/mol. The third-order valence-corrected chi connectivity index (χ3v) is 2.83. The SMILES string of the molecule is O=S(=O)=C1C=c2ccccc2=N1.c1ccccc1. The van der Waals surface area contributed by atoms with Crippen LogP contribution in [0.3, 0.4) is 0 Å². The van der Waals surface area contributed by atoms with Gasteiger partial charge in [-0.2, -0.15) is 8.42 Å². The minimum atomic E-state index is -2.22. The van der Waals surface area contributed by atoms with Gasteiger partial charge in [0.25, 0.3) is 0 Å². The molecule has 0 fully saturated rings. The minimum absolute atomic E-state index is 0.108. The Hall–Kier alpha value is -2.20. The van der Waals surface area contributed by atoms with Crippen molar-refractivity contribution in [2.75, 3.05) is 0 Å². The average Bonchev–Trinajstić information content (AvgIpc) is 2.85. The Kier molecular flexibility index (Phi) is 4.04. The molecule has 0 saturated heterocycles. The second-order valence-electron chi connectivity index (χ2n) is 3.54. The largest absolute Gasteiger partial charge is 0.240 e. The lowest BCUT2D eigenvalue weighted by Crippen LogP contribution is -2.19. The molecule has 0 bridgehead atoms. The number of para-hydroxylation sites is 1. The molecule has 3 rings (SSSR count). The molecule has 90 valence electrons. The highest BCUT2D eigenvalue weighted by Crippen LogP contribution is 1.84. The third kappa shape index (κ3) is 3.15. The molecule has 0 radical (unpaired) electrons. The molecule has 1 aliphatic rings. The van der Waals surface area contributed by atoms with E-state index in [4.69, 9.17) is 0 Å². The molecule has 0 saturated carbocycles. The van der Waals surface area contributed by atoms with Crippen LogP contribution in [0.5, 0.6) is 0 Å². The van der Waals surface area contributed by atoms with Gasteiger partial charge in [0.2, 0.25) is 10.3 Å². The Bertz CT molecular complexity index is 706. The molecule has 0 unspecified atom stereocenters. The zero-order chi connectivity index (χ0) is 12.8. The number of nitrogens with zero attached hydrogens (tertiary/aromatic N) is 1. The van der Waals surface area contributed by atoms with Crippen molar-refractivity contribution < 1.29 is 8.42 Å². The molecule has 0 N–H and O–H groups in total. The zero-order valence-electron chi connectivity index (χ0n) is 9.52. The van der Waals surface area contributed by atoms with E-state index in [2.05, 4.69) is 4.99 Å². The van der Waals surface area contributed by atoms with E-state index in [0.29, 0.717) is 0 Å². The van der Waals surface area contributed by atoms with Gasteiger partial charge in [-0.15, -0.1) is 0 Å². The number of hydrogen-bond acceptors (Lipinski definition) is 2. The highest BCUT2D eigenvalue weighted by molar-refractivity contribution is 7.73. The summed E-state index contributed by atoms with van der Waals surface area (Å²) in [4.78, 5) is 4.01. The first-order valence-corrected chi connectivity index (χ1v) is 6.46. The maximum atomic E-state index is 10.5. The first kappa shape index (κ1) is 12.3. The quantitative estimate of drug-likeness (QED) is 0.655. The van der Waals surface area contributed by atoms with E-state index in [0.717, 1.165) is 10.6 Å². The van der Waals surface area contributed by atoms with Crippen molar-refractivity contribution in [2.24, 2.45) is 4.99 Å². The summed E-state index contributed by atoms with van der Waals surface area (Å²) < 4.78 is 21.0. The second-order valence-corrected chi connectivity index (χ2v) is 4.43. The van der Waals surface area contributed by atoms with Crippen molar-refractivity contribution >= 4 is 21.4 Å². The van der Waals surface area contributed by atoms with Crippen molar-refractivity contribution in [3.63, 3.8) is 0 Å². The molecular formula is C14H11NO2S. The molecule has 1 heterocycles. The molecule has 1 aliphatic heterocycles. The van der Waals surface area contributed by atoms with E-state index in [1.165, 1.54) is 0 Å². The molecule has 0 atom stereocenters. The van der Waals surface area contributed by atoms with Gasteiger partial charge in [-0.25, -0.2) is 4.99 Å². The Labute approximate surface area is 106 Å². The normalized spacial score (nSPS) is 11.4. The Morgan fingerprint density at radius 2 is 1.33 bits per heavy atom. The predicted octanol–water partition coefficient (Wildman–Crippen LogP) is 0.796. The smallest absolute Gasteiger partial charge is 0.232 e. The second kappa shape index (κ2) is 5.93. The van der Waals surface area contributed by atoms with Gasteiger partial charge in [0.1, 0.15) is 0 Å². The highest BCUT2D eigenvalue weighted by atomic mass is 32.2. The van der Waals surface area contributed by atoms with E-state index in [9.17, 15) is 8.42 Å². The topological polar surface area (TPSA) is 46.5 Å². The fraction of sp³-hybridized carbons (Fsp3) is 0. The summed E-state index contributed by atoms with van der Waals surface area (Å²) in [5, 5.41) is 1.58. The van der Waals surface area contributed by atoms with Crippen molar-refractivity contribution in [1.29, 1.82) is 0 Å². The van der Waals surface area contributed by atoms with Gasteiger partial charge in [-0.3, -0.25) is 0 Å². The van der Waals surface area contributed by atoms with E-state index >= 15 is 0 Å². The van der Waals surface area contributed by atoms with Crippen LogP contribution in [0.25, 0.3) is 6.08 Å². The molecule has 2 aromatic rings. The van der Waals surface area contributed by atoms with Gasteiger partial charge in [-0.05, 0) is 12.1 Å². The Morgan fingerprint density at radius 1 is 0.778 bits per heavy atom. The molecular weight excluding hydrogens is 246 g/mol. The molecule has 0 aromatic heterocycles. The molecule has 18 heavy (non-hydrogen) atoms. The first-order chi connectivity index (χ1) is 8.77. The summed E-state index contributed by atoms with van der Waals surface area (Å²) in [5.74, 6) is 0. The monoisotopic (exact) mass is 257 g/mol. The number of hydrogen-bond donors (Lipinski definition) is 0. The predicted molar refractivity (Wildman–Crippen MR) is 72.1 cm³/mol. The van der Waals surface area contributed by atoms with Crippen LogP contribution in [-0.4, -0.2) is 13.4 Å². The molecule has 2 aromatic carbocycles. The number of rotatable bonds is 0. The van der Waals surface area contributed by atoms with E-state index in [-0.39, 0.29) is 4.99 Å². The summed E-state index contributed by atoms with van der Waals surface area (Å²) >= 11 is 0. The fourth-order valence-corrected chi connectivity index (χ4v) is 1.86. The summed E-state index contributed by atoms with van der Waals surface area (Å²) in [5.41, 5.74) is 0. The van der Waals surface area contributed by atoms with Crippen molar-refractivity contribution in [1.82, 2.24) is 0 Å².